The highest BCUT2D eigenvalue weighted by atomic mass is 16.5. The van der Waals surface area contributed by atoms with Crippen molar-refractivity contribution in [2.45, 2.75) is 6.92 Å². The Morgan fingerprint density at radius 3 is 2.67 bits per heavy atom. The van der Waals surface area contributed by atoms with Crippen LogP contribution in [-0.2, 0) is 0 Å². The predicted octanol–water partition coefficient (Wildman–Crippen LogP) is 2.02. The van der Waals surface area contributed by atoms with Crippen LogP contribution in [0.5, 0.6) is 0 Å². The number of hydrogen-bond donors (Lipinski definition) is 2. The van der Waals surface area contributed by atoms with E-state index in [9.17, 15) is 0 Å². The topological polar surface area (TPSA) is 93.6 Å². The van der Waals surface area contributed by atoms with Crippen LogP contribution >= 0.6 is 0 Å². The van der Waals surface area contributed by atoms with Gasteiger partial charge in [-0.05, 0) is 6.92 Å². The highest BCUT2D eigenvalue weighted by Crippen LogP contribution is 2.24. The number of aryl methyl sites for hydroxylation is 1. The first kappa shape index (κ1) is 10.5. The molecule has 0 aliphatic carbocycles. The minimum Gasteiger partial charge on any atom is -0.383 e. The van der Waals surface area contributed by atoms with Crippen LogP contribution in [0.4, 0.5) is 5.82 Å². The Hall–Kier alpha value is -2.63. The van der Waals surface area contributed by atoms with Crippen molar-refractivity contribution in [3.8, 4) is 22.8 Å². The third-order valence-corrected chi connectivity index (χ3v) is 2.64. The Labute approximate surface area is 103 Å². The molecule has 3 rings (SSSR count). The summed E-state index contributed by atoms with van der Waals surface area (Å²) in [5, 5.41) is 10.4. The molecule has 0 spiro atoms. The Morgan fingerprint density at radius 1 is 1.22 bits per heavy atom. The maximum atomic E-state index is 5.69. The zero-order valence-electron chi connectivity index (χ0n) is 9.71. The number of nitrogens with two attached hydrogens (primary N) is 1. The average Bonchev–Trinajstić information content (AvgIpc) is 2.98. The van der Waals surface area contributed by atoms with Crippen LogP contribution in [-0.4, -0.2) is 20.3 Å². The van der Waals surface area contributed by atoms with Crippen molar-refractivity contribution >= 4 is 5.82 Å². The molecule has 0 aliphatic rings. The third-order valence-electron chi connectivity index (χ3n) is 2.64. The number of hydrogen-bond acceptors (Lipinski definition) is 5. The lowest BCUT2D eigenvalue weighted by atomic mass is 10.1. The monoisotopic (exact) mass is 241 g/mol. The molecule has 2 aromatic heterocycles. The number of nitrogens with one attached hydrogen (secondary N) is 1. The molecule has 0 saturated carbocycles. The van der Waals surface area contributed by atoms with E-state index in [-0.39, 0.29) is 0 Å². The molecule has 0 bridgehead atoms. The number of aromatic nitrogens is 4. The van der Waals surface area contributed by atoms with Gasteiger partial charge < -0.3 is 10.3 Å². The van der Waals surface area contributed by atoms with Crippen LogP contribution in [0.15, 0.2) is 35.0 Å². The Morgan fingerprint density at radius 2 is 2.00 bits per heavy atom. The van der Waals surface area contributed by atoms with Crippen molar-refractivity contribution in [2.24, 2.45) is 0 Å². The molecule has 6 nitrogen and oxygen atoms in total. The molecule has 2 heterocycles. The number of H-pyrrole nitrogens is 1. The first-order chi connectivity index (χ1) is 8.74. The molecule has 1 aromatic carbocycles. The Kier molecular flexibility index (Phi) is 2.33. The van der Waals surface area contributed by atoms with E-state index in [1.54, 1.807) is 6.20 Å². The van der Waals surface area contributed by atoms with Crippen LogP contribution in [0.2, 0.25) is 0 Å². The Balaban J connectivity index is 1.99. The smallest absolute Gasteiger partial charge is 0.263 e. The second-order valence-electron chi connectivity index (χ2n) is 3.99. The standard InChI is InChI=1S/C12H11N5O/c1-7-2-4-8(5-3-7)11-15-12(18-17-11)9-6-14-16-10(9)13/h2-6H,1H3,(H3,13,14,16). The summed E-state index contributed by atoms with van der Waals surface area (Å²) in [6.45, 7) is 2.03. The highest BCUT2D eigenvalue weighted by Gasteiger charge is 2.14. The lowest BCUT2D eigenvalue weighted by Gasteiger charge is -1.94. The van der Waals surface area contributed by atoms with Gasteiger partial charge >= 0.3 is 0 Å². The molecular weight excluding hydrogens is 230 g/mol. The maximum Gasteiger partial charge on any atom is 0.263 e. The number of nitrogens with zero attached hydrogens (tertiary/aromatic N) is 3. The van der Waals surface area contributed by atoms with E-state index < -0.39 is 0 Å². The van der Waals surface area contributed by atoms with Gasteiger partial charge in [-0.2, -0.15) is 10.1 Å². The zero-order valence-corrected chi connectivity index (χ0v) is 9.71. The van der Waals surface area contributed by atoms with Gasteiger partial charge in [0, 0.05) is 5.56 Å². The summed E-state index contributed by atoms with van der Waals surface area (Å²) in [7, 11) is 0. The molecule has 3 aromatic rings. The van der Waals surface area contributed by atoms with E-state index >= 15 is 0 Å². The van der Waals surface area contributed by atoms with Crippen molar-refractivity contribution in [3.63, 3.8) is 0 Å². The lowest BCUT2D eigenvalue weighted by molar-refractivity contribution is 0.432. The van der Waals surface area contributed by atoms with Gasteiger partial charge in [0.05, 0.1) is 6.20 Å². The molecule has 6 heteroatoms. The third kappa shape index (κ3) is 1.73. The van der Waals surface area contributed by atoms with E-state index in [0.717, 1.165) is 5.56 Å². The molecule has 0 saturated heterocycles. The van der Waals surface area contributed by atoms with E-state index in [1.165, 1.54) is 5.56 Å². The molecule has 0 aliphatic heterocycles. The predicted molar refractivity (Wildman–Crippen MR) is 66.5 cm³/mol. The fraction of sp³-hybridized carbons (Fsp3) is 0.0833. The number of anilines is 1. The van der Waals surface area contributed by atoms with Gasteiger partial charge in [-0.25, -0.2) is 0 Å². The molecule has 3 N–H and O–H groups in total. The fourth-order valence-electron chi connectivity index (χ4n) is 1.62. The molecule has 90 valence electrons. The van der Waals surface area contributed by atoms with Crippen molar-refractivity contribution < 1.29 is 4.52 Å². The largest absolute Gasteiger partial charge is 0.383 e. The van der Waals surface area contributed by atoms with Gasteiger partial charge in [0.25, 0.3) is 5.89 Å². The van der Waals surface area contributed by atoms with Crippen molar-refractivity contribution in [3.05, 3.63) is 36.0 Å². The van der Waals surface area contributed by atoms with E-state index in [0.29, 0.717) is 23.1 Å². The molecule has 0 fully saturated rings. The van der Waals surface area contributed by atoms with Crippen LogP contribution < -0.4 is 5.73 Å². The highest BCUT2D eigenvalue weighted by molar-refractivity contribution is 5.67. The number of benzene rings is 1. The summed E-state index contributed by atoms with van der Waals surface area (Å²) in [6.07, 6.45) is 1.56. The first-order valence-corrected chi connectivity index (χ1v) is 5.44. The first-order valence-electron chi connectivity index (χ1n) is 5.44. The van der Waals surface area contributed by atoms with Gasteiger partial charge in [0.15, 0.2) is 0 Å². The van der Waals surface area contributed by atoms with Crippen LogP contribution in [0.1, 0.15) is 5.56 Å². The number of rotatable bonds is 2. The summed E-state index contributed by atoms with van der Waals surface area (Å²) in [4.78, 5) is 4.30. The minimum atomic E-state index is 0.358. The van der Waals surface area contributed by atoms with Gasteiger partial charge in [-0.1, -0.05) is 35.0 Å². The average molecular weight is 241 g/mol. The summed E-state index contributed by atoms with van der Waals surface area (Å²) in [6, 6.07) is 7.89. The molecule has 0 unspecified atom stereocenters. The fourth-order valence-corrected chi connectivity index (χ4v) is 1.62. The quantitative estimate of drug-likeness (QED) is 0.715. The van der Waals surface area contributed by atoms with Crippen molar-refractivity contribution in [1.82, 2.24) is 20.3 Å². The second kappa shape index (κ2) is 3.99. The van der Waals surface area contributed by atoms with Gasteiger partial charge in [-0.3, -0.25) is 5.10 Å². The minimum absolute atomic E-state index is 0.358. The van der Waals surface area contributed by atoms with Crippen LogP contribution in [0.25, 0.3) is 22.8 Å². The normalized spacial score (nSPS) is 10.7. The van der Waals surface area contributed by atoms with Crippen LogP contribution in [0, 0.1) is 6.92 Å². The molecule has 0 radical (unpaired) electrons. The van der Waals surface area contributed by atoms with Crippen LogP contribution in [0.3, 0.4) is 0 Å². The number of nitrogen functional groups attached to an aromatic ring is 1. The van der Waals surface area contributed by atoms with Crippen molar-refractivity contribution in [1.29, 1.82) is 0 Å². The van der Waals surface area contributed by atoms with Gasteiger partial charge in [-0.15, -0.1) is 0 Å². The second-order valence-corrected chi connectivity index (χ2v) is 3.99. The van der Waals surface area contributed by atoms with Crippen molar-refractivity contribution in [2.75, 3.05) is 5.73 Å². The van der Waals surface area contributed by atoms with Gasteiger partial charge in [0.2, 0.25) is 5.82 Å². The summed E-state index contributed by atoms with van der Waals surface area (Å²) >= 11 is 0. The summed E-state index contributed by atoms with van der Waals surface area (Å²) < 4.78 is 5.17. The molecular formula is C12H11N5O. The van der Waals surface area contributed by atoms with Gasteiger partial charge in [0.1, 0.15) is 11.4 Å². The molecule has 18 heavy (non-hydrogen) atoms. The van der Waals surface area contributed by atoms with E-state index in [1.807, 2.05) is 31.2 Å². The lowest BCUT2D eigenvalue weighted by Crippen LogP contribution is -1.87. The SMILES string of the molecule is Cc1ccc(-c2noc(-c3cn[nH]c3N)n2)cc1. The summed E-state index contributed by atoms with van der Waals surface area (Å²) in [5.41, 5.74) is 8.39. The molecule has 0 atom stereocenters. The number of aromatic amines is 1. The molecule has 0 amide bonds. The summed E-state index contributed by atoms with van der Waals surface area (Å²) in [5.74, 6) is 1.30. The zero-order chi connectivity index (χ0) is 12.5. The Bertz CT molecular complexity index is 668. The maximum absolute atomic E-state index is 5.69. The van der Waals surface area contributed by atoms with E-state index in [4.69, 9.17) is 10.3 Å². The van der Waals surface area contributed by atoms with E-state index in [2.05, 4.69) is 20.3 Å².